The molecule has 0 unspecified atom stereocenters. The molecule has 0 spiro atoms. The first-order valence-corrected chi connectivity index (χ1v) is 6.54. The number of nitrogens with zero attached hydrogens (tertiary/aromatic N) is 2. The minimum atomic E-state index is -0.307. The molecule has 5 nitrogen and oxygen atoms in total. The van der Waals surface area contributed by atoms with Gasteiger partial charge in [0.1, 0.15) is 11.5 Å². The number of hydrogen-bond acceptors (Lipinski definition) is 4. The van der Waals surface area contributed by atoms with Crippen LogP contribution in [-0.2, 0) is 0 Å². The van der Waals surface area contributed by atoms with Crippen LogP contribution in [0.25, 0.3) is 10.9 Å². The number of anilines is 2. The van der Waals surface area contributed by atoms with E-state index in [1.165, 1.54) is 0 Å². The average Bonchev–Trinajstić information content (AvgIpc) is 2.47. The number of pyridine rings is 2. The number of carbonyl (C=O) groups excluding carboxylic acids is 1. The fourth-order valence-electron chi connectivity index (χ4n) is 2.09. The Morgan fingerprint density at radius 1 is 1.05 bits per heavy atom. The molecule has 3 rings (SSSR count). The molecule has 5 heteroatoms. The predicted octanol–water partition coefficient (Wildman–Crippen LogP) is 2.77. The zero-order valence-corrected chi connectivity index (χ0v) is 11.5. The van der Waals surface area contributed by atoms with E-state index in [1.54, 1.807) is 18.2 Å². The van der Waals surface area contributed by atoms with Crippen molar-refractivity contribution < 1.29 is 4.79 Å². The molecule has 0 atom stereocenters. The molecule has 1 amide bonds. The highest BCUT2D eigenvalue weighted by atomic mass is 16.1. The summed E-state index contributed by atoms with van der Waals surface area (Å²) in [5.74, 6) is 0.196. The SMILES string of the molecule is Cc1cccc(NC(=O)c2ccc3cccc(N)c3n2)n1. The van der Waals surface area contributed by atoms with Crippen LogP contribution in [-0.4, -0.2) is 15.9 Å². The standard InChI is InChI=1S/C16H14N4O/c1-10-4-2-7-14(18-10)20-16(21)13-9-8-11-5-3-6-12(17)15(11)19-13/h2-9H,17H2,1H3,(H,18,20,21). The Morgan fingerprint density at radius 2 is 1.86 bits per heavy atom. The Bertz CT molecular complexity index is 829. The summed E-state index contributed by atoms with van der Waals surface area (Å²) < 4.78 is 0. The molecular formula is C16H14N4O. The average molecular weight is 278 g/mol. The van der Waals surface area contributed by atoms with Gasteiger partial charge in [0, 0.05) is 11.1 Å². The quantitative estimate of drug-likeness (QED) is 0.706. The maximum atomic E-state index is 12.2. The molecule has 0 aliphatic heterocycles. The van der Waals surface area contributed by atoms with Gasteiger partial charge < -0.3 is 11.1 Å². The van der Waals surface area contributed by atoms with E-state index in [2.05, 4.69) is 15.3 Å². The fraction of sp³-hybridized carbons (Fsp3) is 0.0625. The van der Waals surface area contributed by atoms with Gasteiger partial charge in [0.05, 0.1) is 11.2 Å². The molecule has 0 saturated carbocycles. The van der Waals surface area contributed by atoms with E-state index < -0.39 is 0 Å². The third-order valence-electron chi connectivity index (χ3n) is 3.11. The molecule has 0 aliphatic rings. The summed E-state index contributed by atoms with van der Waals surface area (Å²) in [6.07, 6.45) is 0. The number of nitrogen functional groups attached to an aromatic ring is 1. The number of hydrogen-bond donors (Lipinski definition) is 2. The Balaban J connectivity index is 1.93. The first-order chi connectivity index (χ1) is 10.1. The maximum Gasteiger partial charge on any atom is 0.275 e. The summed E-state index contributed by atoms with van der Waals surface area (Å²) in [4.78, 5) is 20.8. The van der Waals surface area contributed by atoms with E-state index in [-0.39, 0.29) is 5.91 Å². The Hall–Kier alpha value is -2.95. The van der Waals surface area contributed by atoms with Crippen LogP contribution in [0.5, 0.6) is 0 Å². The van der Waals surface area contributed by atoms with E-state index >= 15 is 0 Å². The first kappa shape index (κ1) is 13.1. The highest BCUT2D eigenvalue weighted by Gasteiger charge is 2.10. The third-order valence-corrected chi connectivity index (χ3v) is 3.11. The summed E-state index contributed by atoms with van der Waals surface area (Å²) >= 11 is 0. The Morgan fingerprint density at radius 3 is 2.67 bits per heavy atom. The summed E-state index contributed by atoms with van der Waals surface area (Å²) in [5.41, 5.74) is 8.22. The van der Waals surface area contributed by atoms with Crippen LogP contribution >= 0.6 is 0 Å². The number of carbonyl (C=O) groups is 1. The van der Waals surface area contributed by atoms with Crippen molar-refractivity contribution in [3.63, 3.8) is 0 Å². The minimum absolute atomic E-state index is 0.307. The molecule has 0 fully saturated rings. The zero-order valence-electron chi connectivity index (χ0n) is 11.5. The molecule has 21 heavy (non-hydrogen) atoms. The van der Waals surface area contributed by atoms with E-state index in [4.69, 9.17) is 5.73 Å². The molecule has 0 saturated heterocycles. The van der Waals surface area contributed by atoms with Crippen LogP contribution in [0.3, 0.4) is 0 Å². The van der Waals surface area contributed by atoms with Gasteiger partial charge >= 0.3 is 0 Å². The second-order valence-corrected chi connectivity index (χ2v) is 4.73. The largest absolute Gasteiger partial charge is 0.397 e. The number of aromatic nitrogens is 2. The lowest BCUT2D eigenvalue weighted by Crippen LogP contribution is -2.14. The van der Waals surface area contributed by atoms with Crippen LogP contribution in [0.1, 0.15) is 16.2 Å². The molecular weight excluding hydrogens is 264 g/mol. The lowest BCUT2D eigenvalue weighted by molar-refractivity contribution is 0.102. The topological polar surface area (TPSA) is 80.9 Å². The maximum absolute atomic E-state index is 12.2. The summed E-state index contributed by atoms with van der Waals surface area (Å²) in [5, 5.41) is 3.63. The highest BCUT2D eigenvalue weighted by molar-refractivity contribution is 6.04. The van der Waals surface area contributed by atoms with Crippen molar-refractivity contribution in [1.82, 2.24) is 9.97 Å². The molecule has 0 aliphatic carbocycles. The molecule has 2 aromatic heterocycles. The van der Waals surface area contributed by atoms with Crippen molar-refractivity contribution in [2.24, 2.45) is 0 Å². The van der Waals surface area contributed by atoms with E-state index in [9.17, 15) is 4.79 Å². The number of nitrogens with one attached hydrogen (secondary N) is 1. The van der Waals surface area contributed by atoms with Crippen molar-refractivity contribution >= 4 is 28.3 Å². The number of para-hydroxylation sites is 1. The summed E-state index contributed by atoms with van der Waals surface area (Å²) in [6.45, 7) is 1.87. The smallest absolute Gasteiger partial charge is 0.275 e. The molecule has 3 N–H and O–H groups in total. The van der Waals surface area contributed by atoms with Gasteiger partial charge in [0.2, 0.25) is 0 Å². The predicted molar refractivity (Wildman–Crippen MR) is 83.1 cm³/mol. The molecule has 104 valence electrons. The zero-order chi connectivity index (χ0) is 14.8. The third kappa shape index (κ3) is 2.67. The molecule has 3 aromatic rings. The fourth-order valence-corrected chi connectivity index (χ4v) is 2.09. The Labute approximate surface area is 121 Å². The van der Waals surface area contributed by atoms with Gasteiger partial charge in [-0.05, 0) is 31.2 Å². The van der Waals surface area contributed by atoms with Crippen LogP contribution in [0.15, 0.2) is 48.5 Å². The normalized spacial score (nSPS) is 10.5. The number of amides is 1. The molecule has 1 aromatic carbocycles. The molecule has 2 heterocycles. The molecule has 0 bridgehead atoms. The highest BCUT2D eigenvalue weighted by Crippen LogP contribution is 2.19. The van der Waals surface area contributed by atoms with Crippen LogP contribution in [0.4, 0.5) is 11.5 Å². The van der Waals surface area contributed by atoms with E-state index in [0.29, 0.717) is 22.7 Å². The number of aryl methyl sites for hydroxylation is 1. The van der Waals surface area contributed by atoms with Gasteiger partial charge in [-0.15, -0.1) is 0 Å². The second-order valence-electron chi connectivity index (χ2n) is 4.73. The lowest BCUT2D eigenvalue weighted by Gasteiger charge is -2.06. The Kier molecular flexibility index (Phi) is 3.23. The minimum Gasteiger partial charge on any atom is -0.397 e. The van der Waals surface area contributed by atoms with Crippen LogP contribution < -0.4 is 11.1 Å². The number of fused-ring (bicyclic) bond motifs is 1. The number of benzene rings is 1. The van der Waals surface area contributed by atoms with Crippen molar-refractivity contribution in [2.75, 3.05) is 11.1 Å². The number of nitrogens with two attached hydrogens (primary N) is 1. The lowest BCUT2D eigenvalue weighted by atomic mass is 10.1. The summed E-state index contributed by atoms with van der Waals surface area (Å²) in [7, 11) is 0. The molecule has 0 radical (unpaired) electrons. The number of rotatable bonds is 2. The van der Waals surface area contributed by atoms with Crippen molar-refractivity contribution in [3.05, 3.63) is 59.9 Å². The van der Waals surface area contributed by atoms with Gasteiger partial charge in [-0.2, -0.15) is 0 Å². The van der Waals surface area contributed by atoms with Crippen LogP contribution in [0, 0.1) is 6.92 Å². The van der Waals surface area contributed by atoms with Gasteiger partial charge in [-0.25, -0.2) is 9.97 Å². The van der Waals surface area contributed by atoms with Gasteiger partial charge in [0.15, 0.2) is 0 Å². The van der Waals surface area contributed by atoms with Crippen molar-refractivity contribution in [2.45, 2.75) is 6.92 Å². The first-order valence-electron chi connectivity index (χ1n) is 6.54. The second kappa shape index (κ2) is 5.20. The monoisotopic (exact) mass is 278 g/mol. The van der Waals surface area contributed by atoms with Crippen LogP contribution in [0.2, 0.25) is 0 Å². The van der Waals surface area contributed by atoms with Crippen molar-refractivity contribution in [3.8, 4) is 0 Å². The van der Waals surface area contributed by atoms with Gasteiger partial charge in [-0.1, -0.05) is 24.3 Å². The van der Waals surface area contributed by atoms with Gasteiger partial charge in [0.25, 0.3) is 5.91 Å². The van der Waals surface area contributed by atoms with Crippen molar-refractivity contribution in [1.29, 1.82) is 0 Å². The summed E-state index contributed by atoms with van der Waals surface area (Å²) in [6, 6.07) is 14.5. The van der Waals surface area contributed by atoms with Gasteiger partial charge in [-0.3, -0.25) is 4.79 Å². The van der Waals surface area contributed by atoms with E-state index in [1.807, 2.05) is 37.3 Å². The van der Waals surface area contributed by atoms with E-state index in [0.717, 1.165) is 11.1 Å².